The van der Waals surface area contributed by atoms with Crippen molar-refractivity contribution >= 4 is 21.6 Å². The van der Waals surface area contributed by atoms with Crippen LogP contribution in [0.25, 0.3) is 0 Å². The highest BCUT2D eigenvalue weighted by atomic mass is 32.2. The summed E-state index contributed by atoms with van der Waals surface area (Å²) in [6, 6.07) is 15.4. The molecule has 3 rings (SSSR count). The van der Waals surface area contributed by atoms with Crippen LogP contribution in [0.5, 0.6) is 0 Å². The molecule has 2 aromatic carbocycles. The number of nitrogens with one attached hydrogen (secondary N) is 1. The fraction of sp³-hybridized carbons (Fsp3) is 0.391. The van der Waals surface area contributed by atoms with Crippen LogP contribution >= 0.6 is 0 Å². The second kappa shape index (κ2) is 10.1. The minimum atomic E-state index is -3.64. The number of benzene rings is 2. The van der Waals surface area contributed by atoms with E-state index in [0.29, 0.717) is 30.7 Å². The highest BCUT2D eigenvalue weighted by molar-refractivity contribution is 7.89. The fourth-order valence-corrected chi connectivity index (χ4v) is 4.92. The monoisotopic (exact) mass is 441 g/mol. The Morgan fingerprint density at radius 3 is 2.48 bits per heavy atom. The molecule has 0 bridgehead atoms. The van der Waals surface area contributed by atoms with Crippen molar-refractivity contribution in [2.45, 2.75) is 44.3 Å². The second-order valence-electron chi connectivity index (χ2n) is 7.86. The molecular formula is C23H27N3O4S. The molecule has 31 heavy (non-hydrogen) atoms. The van der Waals surface area contributed by atoms with Crippen molar-refractivity contribution in [2.75, 3.05) is 18.4 Å². The number of piperidine rings is 1. The first-order chi connectivity index (χ1) is 14.8. The van der Waals surface area contributed by atoms with Crippen LogP contribution in [-0.2, 0) is 26.2 Å². The number of carbonyl (C=O) groups excluding carboxylic acids is 1. The maximum absolute atomic E-state index is 12.8. The Kier molecular flexibility index (Phi) is 7.44. The third-order valence-electron chi connectivity index (χ3n) is 5.22. The van der Waals surface area contributed by atoms with Crippen molar-refractivity contribution in [1.29, 1.82) is 5.26 Å². The van der Waals surface area contributed by atoms with E-state index >= 15 is 0 Å². The molecular weight excluding hydrogens is 414 g/mol. The van der Waals surface area contributed by atoms with Gasteiger partial charge in [-0.25, -0.2) is 8.42 Å². The molecule has 1 amide bonds. The van der Waals surface area contributed by atoms with Crippen molar-refractivity contribution in [1.82, 2.24) is 4.31 Å². The van der Waals surface area contributed by atoms with E-state index in [2.05, 4.69) is 5.32 Å². The molecule has 164 valence electrons. The van der Waals surface area contributed by atoms with Gasteiger partial charge in [0.05, 0.1) is 29.2 Å². The minimum absolute atomic E-state index is 0.0997. The summed E-state index contributed by atoms with van der Waals surface area (Å²) in [6.45, 7) is 4.98. The summed E-state index contributed by atoms with van der Waals surface area (Å²) in [4.78, 5) is 12.9. The van der Waals surface area contributed by atoms with Gasteiger partial charge in [0.25, 0.3) is 0 Å². The lowest BCUT2D eigenvalue weighted by molar-refractivity contribution is -0.120. The van der Waals surface area contributed by atoms with E-state index in [-0.39, 0.29) is 35.9 Å². The summed E-state index contributed by atoms with van der Waals surface area (Å²) in [5, 5.41) is 11.8. The molecule has 1 N–H and O–H groups in total. The molecule has 0 radical (unpaired) electrons. The number of sulfonamides is 1. The standard InChI is InChI=1S/C23H27N3O4S/c1-17(2)30-16-19-4-3-5-21(14-19)25-23(27)20-10-12-26(13-11-20)31(28,29)22-8-6-18(15-24)7-9-22/h3-9,14,17,20H,10-13,16H2,1-2H3,(H,25,27). The van der Waals surface area contributed by atoms with Gasteiger partial charge in [-0.1, -0.05) is 12.1 Å². The Morgan fingerprint density at radius 1 is 1.19 bits per heavy atom. The average Bonchev–Trinajstić information content (AvgIpc) is 2.78. The summed E-state index contributed by atoms with van der Waals surface area (Å²) in [7, 11) is -3.64. The van der Waals surface area contributed by atoms with Crippen molar-refractivity contribution in [3.63, 3.8) is 0 Å². The molecule has 7 nitrogen and oxygen atoms in total. The second-order valence-corrected chi connectivity index (χ2v) is 9.80. The maximum Gasteiger partial charge on any atom is 0.243 e. The first-order valence-corrected chi connectivity index (χ1v) is 11.8. The van der Waals surface area contributed by atoms with Crippen LogP contribution in [0, 0.1) is 17.2 Å². The molecule has 0 aromatic heterocycles. The van der Waals surface area contributed by atoms with Crippen LogP contribution < -0.4 is 5.32 Å². The highest BCUT2D eigenvalue weighted by Gasteiger charge is 2.32. The Labute approximate surface area is 183 Å². The first-order valence-electron chi connectivity index (χ1n) is 10.3. The Morgan fingerprint density at radius 2 is 1.87 bits per heavy atom. The summed E-state index contributed by atoms with van der Waals surface area (Å²) in [5.41, 5.74) is 2.10. The van der Waals surface area contributed by atoms with Crippen LogP contribution in [0.3, 0.4) is 0 Å². The van der Waals surface area contributed by atoms with E-state index in [4.69, 9.17) is 10.00 Å². The molecule has 0 atom stereocenters. The Hall–Kier alpha value is -2.73. The average molecular weight is 442 g/mol. The molecule has 1 saturated heterocycles. The number of nitriles is 1. The van der Waals surface area contributed by atoms with Crippen molar-refractivity contribution in [2.24, 2.45) is 5.92 Å². The molecule has 0 unspecified atom stereocenters. The molecule has 2 aromatic rings. The molecule has 8 heteroatoms. The molecule has 1 fully saturated rings. The lowest BCUT2D eigenvalue weighted by atomic mass is 9.97. The number of ether oxygens (including phenoxy) is 1. The van der Waals surface area contributed by atoms with Gasteiger partial charge >= 0.3 is 0 Å². The highest BCUT2D eigenvalue weighted by Crippen LogP contribution is 2.25. The zero-order valence-electron chi connectivity index (χ0n) is 17.7. The number of rotatable bonds is 7. The zero-order chi connectivity index (χ0) is 22.4. The number of carbonyl (C=O) groups is 1. The van der Waals surface area contributed by atoms with Crippen molar-refractivity contribution < 1.29 is 17.9 Å². The van der Waals surface area contributed by atoms with Crippen LogP contribution in [0.15, 0.2) is 53.4 Å². The van der Waals surface area contributed by atoms with Crippen LogP contribution in [-0.4, -0.2) is 37.8 Å². The van der Waals surface area contributed by atoms with Gasteiger partial charge in [-0.2, -0.15) is 9.57 Å². The smallest absolute Gasteiger partial charge is 0.243 e. The maximum atomic E-state index is 12.8. The van der Waals surface area contributed by atoms with E-state index in [0.717, 1.165) is 5.56 Å². The Balaban J connectivity index is 1.57. The molecule has 1 heterocycles. The van der Waals surface area contributed by atoms with Gasteiger partial charge in [-0.15, -0.1) is 0 Å². The van der Waals surface area contributed by atoms with Crippen molar-refractivity contribution in [3.05, 3.63) is 59.7 Å². The number of nitrogens with zero attached hydrogens (tertiary/aromatic N) is 2. The van der Waals surface area contributed by atoms with E-state index in [9.17, 15) is 13.2 Å². The molecule has 0 spiro atoms. The minimum Gasteiger partial charge on any atom is -0.374 e. The quantitative estimate of drug-likeness (QED) is 0.709. The van der Waals surface area contributed by atoms with Gasteiger partial charge in [-0.3, -0.25) is 4.79 Å². The zero-order valence-corrected chi connectivity index (χ0v) is 18.6. The molecule has 0 aliphatic carbocycles. The topological polar surface area (TPSA) is 99.5 Å². The van der Waals surface area contributed by atoms with E-state index in [1.54, 1.807) is 0 Å². The first kappa shape index (κ1) is 22.9. The summed E-state index contributed by atoms with van der Waals surface area (Å²) >= 11 is 0. The lowest BCUT2D eigenvalue weighted by Crippen LogP contribution is -2.41. The number of amides is 1. The van der Waals surface area contributed by atoms with Crippen LogP contribution in [0.2, 0.25) is 0 Å². The van der Waals surface area contributed by atoms with E-state index in [1.807, 2.05) is 44.2 Å². The largest absolute Gasteiger partial charge is 0.374 e. The van der Waals surface area contributed by atoms with Crippen LogP contribution in [0.4, 0.5) is 5.69 Å². The van der Waals surface area contributed by atoms with Gasteiger partial charge in [-0.05, 0) is 68.7 Å². The van der Waals surface area contributed by atoms with Crippen molar-refractivity contribution in [3.8, 4) is 6.07 Å². The fourth-order valence-electron chi connectivity index (χ4n) is 3.45. The summed E-state index contributed by atoms with van der Waals surface area (Å²) < 4.78 is 32.7. The van der Waals surface area contributed by atoms with Crippen LogP contribution in [0.1, 0.15) is 37.8 Å². The third kappa shape index (κ3) is 5.91. The summed E-state index contributed by atoms with van der Waals surface area (Å²) in [5.74, 6) is -0.347. The predicted molar refractivity (Wildman–Crippen MR) is 118 cm³/mol. The van der Waals surface area contributed by atoms with Gasteiger partial charge in [0.15, 0.2) is 0 Å². The SMILES string of the molecule is CC(C)OCc1cccc(NC(=O)C2CCN(S(=O)(=O)c3ccc(C#N)cc3)CC2)c1. The van der Waals surface area contributed by atoms with Gasteiger partial charge in [0.1, 0.15) is 0 Å². The summed E-state index contributed by atoms with van der Waals surface area (Å²) in [6.07, 6.45) is 1.04. The Bertz CT molecular complexity index is 1050. The number of anilines is 1. The third-order valence-corrected chi connectivity index (χ3v) is 7.14. The van der Waals surface area contributed by atoms with E-state index < -0.39 is 10.0 Å². The number of hydrogen-bond acceptors (Lipinski definition) is 5. The van der Waals surface area contributed by atoms with Gasteiger partial charge in [0.2, 0.25) is 15.9 Å². The normalized spacial score (nSPS) is 15.5. The lowest BCUT2D eigenvalue weighted by Gasteiger charge is -2.30. The van der Waals surface area contributed by atoms with Gasteiger partial charge in [0, 0.05) is 24.7 Å². The van der Waals surface area contributed by atoms with E-state index in [1.165, 1.54) is 28.6 Å². The number of hydrogen-bond donors (Lipinski definition) is 1. The van der Waals surface area contributed by atoms with Gasteiger partial charge < -0.3 is 10.1 Å². The molecule has 1 aliphatic rings. The molecule has 1 aliphatic heterocycles. The molecule has 0 saturated carbocycles. The predicted octanol–water partition coefficient (Wildman–Crippen LogP) is 3.52.